The fourth-order valence-corrected chi connectivity index (χ4v) is 2.08. The van der Waals surface area contributed by atoms with Crippen LogP contribution >= 0.6 is 0 Å². The number of hydrogen-bond acceptors (Lipinski definition) is 3. The monoisotopic (exact) mass is 304 g/mol. The van der Waals surface area contributed by atoms with Gasteiger partial charge in [-0.05, 0) is 6.42 Å². The molecule has 0 saturated carbocycles. The third-order valence-corrected chi connectivity index (χ3v) is 3.19. The van der Waals surface area contributed by atoms with Crippen LogP contribution in [-0.2, 0) is 14.6 Å². The Morgan fingerprint density at radius 1 is 0.842 bits per heavy atom. The van der Waals surface area contributed by atoms with E-state index in [2.05, 4.69) is 15.3 Å². The average Bonchev–Trinajstić information content (AvgIpc) is 2.37. The van der Waals surface area contributed by atoms with Gasteiger partial charge in [-0.3, -0.25) is 4.55 Å². The second-order valence-corrected chi connectivity index (χ2v) is 5.52. The van der Waals surface area contributed by atoms with Crippen molar-refractivity contribution in [3.63, 3.8) is 0 Å². The van der Waals surface area contributed by atoms with Crippen LogP contribution in [0.5, 0.6) is 0 Å². The predicted molar refractivity (Wildman–Crippen MR) is 81.0 cm³/mol. The number of hydrogen-bond donors (Lipinski definition) is 1. The first-order chi connectivity index (χ1) is 9.06. The van der Waals surface area contributed by atoms with Crippen LogP contribution in [0.3, 0.4) is 0 Å². The molecule has 0 spiro atoms. The van der Waals surface area contributed by atoms with Crippen molar-refractivity contribution in [2.24, 2.45) is 0 Å². The van der Waals surface area contributed by atoms with E-state index in [1.54, 1.807) is 0 Å². The normalized spacial score (nSPS) is 11.0. The molecule has 19 heavy (non-hydrogen) atoms. The van der Waals surface area contributed by atoms with Gasteiger partial charge in [-0.15, -0.1) is 0 Å². The standard InChI is InChI=1S/C12H26O4S.CH3.Na/c1-2-3-4-5-6-7-8-9-10-11-12-16-17(13,14)15;;/h2-12H2,1H3,(H,13,14,15);1H3;. The van der Waals surface area contributed by atoms with Crippen molar-refractivity contribution in [2.45, 2.75) is 75.3 Å². The Morgan fingerprint density at radius 3 is 1.58 bits per heavy atom. The summed E-state index contributed by atoms with van der Waals surface area (Å²) in [6.07, 6.45) is 11.9. The van der Waals surface area contributed by atoms with Crippen LogP contribution in [0.2, 0.25) is 4.17 Å². The van der Waals surface area contributed by atoms with Crippen molar-refractivity contribution < 1.29 is 17.2 Å². The van der Waals surface area contributed by atoms with Crippen molar-refractivity contribution in [1.82, 2.24) is 0 Å². The molecule has 0 heterocycles. The minimum atomic E-state index is -4.23. The Labute approximate surface area is 137 Å². The Balaban J connectivity index is 0. The molecular weight excluding hydrogens is 275 g/mol. The topological polar surface area (TPSA) is 63.6 Å². The molecule has 0 atom stereocenters. The molecule has 0 fully saturated rings. The molecule has 0 aliphatic heterocycles. The zero-order valence-electron chi connectivity index (χ0n) is 12.9. The van der Waals surface area contributed by atoms with E-state index in [9.17, 15) is 8.42 Å². The SMILES string of the molecule is CCCCCCCCCCCCOS(=O)(=O)O.[CH3][Na]. The van der Waals surface area contributed by atoms with E-state index in [-0.39, 0.29) is 6.61 Å². The van der Waals surface area contributed by atoms with Crippen molar-refractivity contribution in [1.29, 1.82) is 0 Å². The molecule has 0 unspecified atom stereocenters. The summed E-state index contributed by atoms with van der Waals surface area (Å²) in [5.41, 5.74) is 0. The molecule has 1 N–H and O–H groups in total. The summed E-state index contributed by atoms with van der Waals surface area (Å²) in [6.45, 7) is 2.31. The summed E-state index contributed by atoms with van der Waals surface area (Å²) in [5.74, 6) is 0. The molecule has 0 aliphatic carbocycles. The molecule has 0 amide bonds. The third-order valence-electron chi connectivity index (χ3n) is 2.73. The van der Waals surface area contributed by atoms with Gasteiger partial charge >= 0.3 is 42.5 Å². The Morgan fingerprint density at radius 2 is 1.21 bits per heavy atom. The second-order valence-electron chi connectivity index (χ2n) is 4.43. The van der Waals surface area contributed by atoms with Gasteiger partial charge in [0.05, 0.1) is 6.61 Å². The zero-order valence-corrected chi connectivity index (χ0v) is 15.7. The second kappa shape index (κ2) is 16.9. The maximum atomic E-state index is 10.2. The zero-order chi connectivity index (χ0) is 15.0. The van der Waals surface area contributed by atoms with Crippen LogP contribution in [-0.4, -0.2) is 47.5 Å². The summed E-state index contributed by atoms with van der Waals surface area (Å²) in [4.78, 5) is 0. The van der Waals surface area contributed by atoms with E-state index in [4.69, 9.17) is 4.55 Å². The summed E-state index contributed by atoms with van der Waals surface area (Å²) in [7, 11) is -4.23. The number of unbranched alkanes of at least 4 members (excludes halogenated alkanes) is 9. The molecular formula is C13H29NaO4S. The number of rotatable bonds is 12. The van der Waals surface area contributed by atoms with Crippen LogP contribution in [0.1, 0.15) is 71.1 Å². The quantitative estimate of drug-likeness (QED) is 0.337. The Bertz CT molecular complexity index is 255. The van der Waals surface area contributed by atoms with E-state index >= 15 is 0 Å². The summed E-state index contributed by atoms with van der Waals surface area (Å²) >= 11 is 1.31. The van der Waals surface area contributed by atoms with Crippen molar-refractivity contribution in [2.75, 3.05) is 6.61 Å². The molecule has 4 nitrogen and oxygen atoms in total. The van der Waals surface area contributed by atoms with Gasteiger partial charge in [0, 0.05) is 0 Å². The van der Waals surface area contributed by atoms with Gasteiger partial charge in [0.15, 0.2) is 0 Å². The van der Waals surface area contributed by atoms with Gasteiger partial charge in [-0.2, -0.15) is 8.42 Å². The van der Waals surface area contributed by atoms with E-state index in [1.807, 2.05) is 0 Å². The van der Waals surface area contributed by atoms with Crippen molar-refractivity contribution in [3.05, 3.63) is 0 Å². The maximum absolute atomic E-state index is 10.2. The van der Waals surface area contributed by atoms with Crippen LogP contribution in [0.25, 0.3) is 0 Å². The fourth-order valence-electron chi connectivity index (χ4n) is 1.75. The Hall–Kier alpha value is 0.870. The predicted octanol–water partition coefficient (Wildman–Crippen LogP) is 3.93. The third kappa shape index (κ3) is 24.3. The van der Waals surface area contributed by atoms with Crippen LogP contribution < -0.4 is 0 Å². The molecule has 0 aromatic rings. The minimum absolute atomic E-state index is 0.0926. The fraction of sp³-hybridized carbons (Fsp3) is 1.00. The van der Waals surface area contributed by atoms with Gasteiger partial charge < -0.3 is 0 Å². The molecule has 0 saturated heterocycles. The molecule has 0 rings (SSSR count). The first-order valence-corrected chi connectivity index (χ1v) is 11.0. The molecule has 0 aromatic carbocycles. The van der Waals surface area contributed by atoms with Gasteiger partial charge in [0.1, 0.15) is 0 Å². The van der Waals surface area contributed by atoms with E-state index in [0.29, 0.717) is 6.42 Å². The van der Waals surface area contributed by atoms with Crippen molar-refractivity contribution in [3.8, 4) is 0 Å². The molecule has 0 bridgehead atoms. The van der Waals surface area contributed by atoms with Gasteiger partial charge in [-0.1, -0.05) is 64.7 Å². The van der Waals surface area contributed by atoms with Crippen LogP contribution in [0.15, 0.2) is 0 Å². The molecule has 0 aliphatic rings. The molecule has 6 heteroatoms. The van der Waals surface area contributed by atoms with Crippen LogP contribution in [0, 0.1) is 0 Å². The Kier molecular flexibility index (Phi) is 19.7. The molecule has 0 aromatic heterocycles. The molecule has 112 valence electrons. The summed E-state index contributed by atoms with van der Waals surface area (Å²) in [6, 6.07) is 0. The van der Waals surface area contributed by atoms with E-state index in [1.165, 1.54) is 72.9 Å². The van der Waals surface area contributed by atoms with Gasteiger partial charge in [-0.25, -0.2) is 4.18 Å². The van der Waals surface area contributed by atoms with Gasteiger partial charge in [0.25, 0.3) is 0 Å². The summed E-state index contributed by atoms with van der Waals surface area (Å²) < 4.78 is 35.1. The first kappa shape index (κ1) is 22.2. The molecule has 0 radical (unpaired) electrons. The van der Waals surface area contributed by atoms with E-state index < -0.39 is 10.4 Å². The average molecular weight is 304 g/mol. The van der Waals surface area contributed by atoms with Crippen molar-refractivity contribution >= 4 is 38.3 Å². The van der Waals surface area contributed by atoms with Gasteiger partial charge in [0.2, 0.25) is 0 Å². The summed E-state index contributed by atoms with van der Waals surface area (Å²) in [5, 5.41) is 0. The first-order valence-electron chi connectivity index (χ1n) is 7.68. The van der Waals surface area contributed by atoms with Crippen LogP contribution in [0.4, 0.5) is 0 Å². The van der Waals surface area contributed by atoms with E-state index in [0.717, 1.165) is 12.8 Å².